The molecule has 1 atom stereocenters. The van der Waals surface area contributed by atoms with E-state index in [0.717, 1.165) is 25.8 Å². The van der Waals surface area contributed by atoms with Crippen LogP contribution in [0.2, 0.25) is 0 Å². The monoisotopic (exact) mass is 254 g/mol. The van der Waals surface area contributed by atoms with E-state index in [-0.39, 0.29) is 0 Å². The van der Waals surface area contributed by atoms with Crippen LogP contribution in [-0.4, -0.2) is 11.5 Å². The van der Waals surface area contributed by atoms with Crippen LogP contribution in [-0.2, 0) is 6.42 Å². The van der Waals surface area contributed by atoms with Crippen molar-refractivity contribution in [1.82, 2.24) is 4.98 Å². The molecule has 0 aliphatic rings. The zero-order valence-electron chi connectivity index (χ0n) is 11.5. The molecular weight excluding hydrogens is 232 g/mol. The van der Waals surface area contributed by atoms with Crippen LogP contribution in [0.5, 0.6) is 0 Å². The van der Waals surface area contributed by atoms with Crippen molar-refractivity contribution in [2.45, 2.75) is 32.1 Å². The van der Waals surface area contributed by atoms with Gasteiger partial charge in [-0.2, -0.15) is 0 Å². The Hall–Kier alpha value is -1.67. The molecule has 19 heavy (non-hydrogen) atoms. The van der Waals surface area contributed by atoms with Crippen molar-refractivity contribution in [3.8, 4) is 0 Å². The molecule has 2 nitrogen and oxygen atoms in total. The van der Waals surface area contributed by atoms with E-state index in [1.807, 2.05) is 12.4 Å². The predicted molar refractivity (Wildman–Crippen MR) is 80.1 cm³/mol. The Kier molecular flexibility index (Phi) is 5.10. The van der Waals surface area contributed by atoms with Crippen LogP contribution in [0.4, 0.5) is 0 Å². The molecule has 2 N–H and O–H groups in total. The van der Waals surface area contributed by atoms with Gasteiger partial charge in [0.1, 0.15) is 0 Å². The molecule has 0 spiro atoms. The Morgan fingerprint density at radius 3 is 2.58 bits per heavy atom. The summed E-state index contributed by atoms with van der Waals surface area (Å²) in [5, 5.41) is 0. The van der Waals surface area contributed by atoms with Gasteiger partial charge in [-0.1, -0.05) is 29.8 Å². The molecule has 2 heteroatoms. The highest BCUT2D eigenvalue weighted by Gasteiger charge is 2.10. The summed E-state index contributed by atoms with van der Waals surface area (Å²) in [5.74, 6) is 0.536. The lowest BCUT2D eigenvalue weighted by atomic mass is 9.90. The molecule has 0 bridgehead atoms. The number of hydrogen-bond acceptors (Lipinski definition) is 2. The normalized spacial score (nSPS) is 12.3. The topological polar surface area (TPSA) is 38.9 Å². The second kappa shape index (κ2) is 7.05. The van der Waals surface area contributed by atoms with E-state index in [0.29, 0.717) is 5.92 Å². The molecule has 1 aromatic carbocycles. The van der Waals surface area contributed by atoms with Crippen LogP contribution in [0.25, 0.3) is 0 Å². The predicted octanol–water partition coefficient (Wildman–Crippen LogP) is 3.46. The molecule has 2 rings (SSSR count). The highest BCUT2D eigenvalue weighted by molar-refractivity contribution is 5.23. The summed E-state index contributed by atoms with van der Waals surface area (Å²) in [6.07, 6.45) is 7.02. The maximum absolute atomic E-state index is 5.74. The number of aromatic nitrogens is 1. The van der Waals surface area contributed by atoms with Gasteiger partial charge in [0.05, 0.1) is 0 Å². The molecule has 0 radical (unpaired) electrons. The van der Waals surface area contributed by atoms with Crippen LogP contribution < -0.4 is 5.73 Å². The number of pyridine rings is 1. The SMILES string of the molecule is Cc1cccc(CCC(CCN)c2ccncc2)c1. The first kappa shape index (κ1) is 13.8. The molecule has 2 aromatic rings. The Morgan fingerprint density at radius 2 is 1.89 bits per heavy atom. The van der Waals surface area contributed by atoms with E-state index in [1.54, 1.807) is 0 Å². The first-order chi connectivity index (χ1) is 9.29. The van der Waals surface area contributed by atoms with E-state index < -0.39 is 0 Å². The van der Waals surface area contributed by atoms with Gasteiger partial charge in [-0.25, -0.2) is 0 Å². The summed E-state index contributed by atoms with van der Waals surface area (Å²) >= 11 is 0. The molecule has 0 saturated carbocycles. The van der Waals surface area contributed by atoms with Crippen molar-refractivity contribution in [3.63, 3.8) is 0 Å². The van der Waals surface area contributed by atoms with E-state index in [4.69, 9.17) is 5.73 Å². The summed E-state index contributed by atoms with van der Waals surface area (Å²) in [6.45, 7) is 2.88. The summed E-state index contributed by atoms with van der Waals surface area (Å²) in [4.78, 5) is 4.09. The third-order valence-electron chi connectivity index (χ3n) is 3.56. The van der Waals surface area contributed by atoms with E-state index >= 15 is 0 Å². The molecule has 0 fully saturated rings. The molecule has 0 aliphatic carbocycles. The van der Waals surface area contributed by atoms with Crippen molar-refractivity contribution < 1.29 is 0 Å². The van der Waals surface area contributed by atoms with Gasteiger partial charge in [0.2, 0.25) is 0 Å². The minimum atomic E-state index is 0.536. The van der Waals surface area contributed by atoms with Crippen molar-refractivity contribution in [2.24, 2.45) is 5.73 Å². The van der Waals surface area contributed by atoms with Crippen molar-refractivity contribution >= 4 is 0 Å². The fourth-order valence-electron chi connectivity index (χ4n) is 2.52. The zero-order chi connectivity index (χ0) is 13.5. The van der Waals surface area contributed by atoms with Crippen LogP contribution in [0.1, 0.15) is 35.4 Å². The second-order valence-corrected chi connectivity index (χ2v) is 5.08. The van der Waals surface area contributed by atoms with Crippen LogP contribution in [0, 0.1) is 6.92 Å². The molecule has 1 heterocycles. The van der Waals surface area contributed by atoms with Gasteiger partial charge in [-0.15, -0.1) is 0 Å². The lowest BCUT2D eigenvalue weighted by Gasteiger charge is -2.16. The van der Waals surface area contributed by atoms with Gasteiger partial charge in [0.25, 0.3) is 0 Å². The lowest BCUT2D eigenvalue weighted by Crippen LogP contribution is -2.08. The minimum absolute atomic E-state index is 0.536. The van der Waals surface area contributed by atoms with Crippen molar-refractivity contribution in [1.29, 1.82) is 0 Å². The number of nitrogens with two attached hydrogens (primary N) is 1. The number of hydrogen-bond donors (Lipinski definition) is 1. The largest absolute Gasteiger partial charge is 0.330 e. The smallest absolute Gasteiger partial charge is 0.0270 e. The first-order valence-corrected chi connectivity index (χ1v) is 6.95. The van der Waals surface area contributed by atoms with Crippen LogP contribution >= 0.6 is 0 Å². The van der Waals surface area contributed by atoms with Crippen molar-refractivity contribution in [3.05, 3.63) is 65.5 Å². The Morgan fingerprint density at radius 1 is 1.11 bits per heavy atom. The van der Waals surface area contributed by atoms with Crippen LogP contribution in [0.3, 0.4) is 0 Å². The zero-order valence-corrected chi connectivity index (χ0v) is 11.5. The van der Waals surface area contributed by atoms with Gasteiger partial charge in [-0.05, 0) is 61.9 Å². The third kappa shape index (κ3) is 4.18. The average Bonchev–Trinajstić information content (AvgIpc) is 2.44. The Bertz CT molecular complexity index is 494. The third-order valence-corrected chi connectivity index (χ3v) is 3.56. The fraction of sp³-hybridized carbons (Fsp3) is 0.353. The van der Waals surface area contributed by atoms with Gasteiger partial charge >= 0.3 is 0 Å². The molecule has 0 aliphatic heterocycles. The summed E-state index contributed by atoms with van der Waals surface area (Å²) in [7, 11) is 0. The van der Waals surface area contributed by atoms with E-state index in [9.17, 15) is 0 Å². The fourth-order valence-corrected chi connectivity index (χ4v) is 2.52. The molecular formula is C17H22N2. The maximum atomic E-state index is 5.74. The molecule has 100 valence electrons. The quantitative estimate of drug-likeness (QED) is 0.857. The lowest BCUT2D eigenvalue weighted by molar-refractivity contribution is 0.583. The van der Waals surface area contributed by atoms with Gasteiger partial charge in [-0.3, -0.25) is 4.98 Å². The highest BCUT2D eigenvalue weighted by Crippen LogP contribution is 2.24. The van der Waals surface area contributed by atoms with Gasteiger partial charge in [0, 0.05) is 12.4 Å². The number of rotatable bonds is 6. The Balaban J connectivity index is 2.01. The van der Waals surface area contributed by atoms with Crippen LogP contribution in [0.15, 0.2) is 48.8 Å². The second-order valence-electron chi connectivity index (χ2n) is 5.08. The molecule has 0 amide bonds. The summed E-state index contributed by atoms with van der Waals surface area (Å²) < 4.78 is 0. The molecule has 1 unspecified atom stereocenters. The van der Waals surface area contributed by atoms with Crippen molar-refractivity contribution in [2.75, 3.05) is 6.54 Å². The number of aryl methyl sites for hydroxylation is 2. The van der Waals surface area contributed by atoms with Gasteiger partial charge in [0.15, 0.2) is 0 Å². The number of benzene rings is 1. The first-order valence-electron chi connectivity index (χ1n) is 6.95. The maximum Gasteiger partial charge on any atom is 0.0270 e. The van der Waals surface area contributed by atoms with E-state index in [2.05, 4.69) is 48.3 Å². The molecule has 1 aromatic heterocycles. The van der Waals surface area contributed by atoms with E-state index in [1.165, 1.54) is 16.7 Å². The average molecular weight is 254 g/mol. The summed E-state index contributed by atoms with van der Waals surface area (Å²) in [5.41, 5.74) is 9.84. The molecule has 0 saturated heterocycles. The Labute approximate surface area is 115 Å². The summed E-state index contributed by atoms with van der Waals surface area (Å²) in [6, 6.07) is 13.0. The standard InChI is InChI=1S/C17H22N2/c1-14-3-2-4-15(13-14)5-6-16(7-10-18)17-8-11-19-12-9-17/h2-4,8-9,11-13,16H,5-7,10,18H2,1H3. The van der Waals surface area contributed by atoms with Gasteiger partial charge < -0.3 is 5.73 Å². The minimum Gasteiger partial charge on any atom is -0.330 e. The highest BCUT2D eigenvalue weighted by atomic mass is 14.6. The number of nitrogens with zero attached hydrogens (tertiary/aromatic N) is 1.